The number of ether oxygens (including phenoxy) is 1. The summed E-state index contributed by atoms with van der Waals surface area (Å²) in [6.45, 7) is 4.58. The van der Waals surface area contributed by atoms with Crippen molar-refractivity contribution in [3.05, 3.63) is 108 Å². The number of piperidine rings is 1. The first-order chi connectivity index (χ1) is 20.1. The van der Waals surface area contributed by atoms with Gasteiger partial charge in [0.1, 0.15) is 0 Å². The summed E-state index contributed by atoms with van der Waals surface area (Å²) in [5.74, 6) is 0. The van der Waals surface area contributed by atoms with Crippen LogP contribution >= 0.6 is 0 Å². The Hall–Kier alpha value is -3.67. The number of amides is 1. The van der Waals surface area contributed by atoms with E-state index in [0.717, 1.165) is 47.8 Å². The number of likely N-dealkylation sites (tertiary alicyclic amines) is 1. The van der Waals surface area contributed by atoms with Crippen LogP contribution in [0.1, 0.15) is 56.2 Å². The number of rotatable bonds is 8. The molecule has 5 heteroatoms. The van der Waals surface area contributed by atoms with Crippen LogP contribution in [0, 0.1) is 0 Å². The highest BCUT2D eigenvalue weighted by Crippen LogP contribution is 2.39. The van der Waals surface area contributed by atoms with Crippen LogP contribution in [-0.4, -0.2) is 52.3 Å². The Bertz CT molecular complexity index is 1440. The summed E-state index contributed by atoms with van der Waals surface area (Å²) in [4.78, 5) is 17.4. The highest BCUT2D eigenvalue weighted by Gasteiger charge is 2.47. The van der Waals surface area contributed by atoms with Crippen molar-refractivity contribution in [1.29, 1.82) is 0 Å². The third-order valence-corrected chi connectivity index (χ3v) is 9.14. The molecule has 0 radical (unpaired) electrons. The van der Waals surface area contributed by atoms with E-state index in [1.807, 2.05) is 31.2 Å². The lowest BCUT2D eigenvalue weighted by Gasteiger charge is -2.43. The predicted octanol–water partition coefficient (Wildman–Crippen LogP) is 8.15. The molecule has 1 aliphatic heterocycles. The van der Waals surface area contributed by atoms with Gasteiger partial charge < -0.3 is 9.84 Å². The molecule has 4 atom stereocenters. The molecule has 5 nitrogen and oxygen atoms in total. The van der Waals surface area contributed by atoms with Gasteiger partial charge in [0, 0.05) is 6.04 Å². The number of carbonyl (C=O) groups is 1. The normalized spacial score (nSPS) is 22.0. The molecule has 2 aliphatic rings. The van der Waals surface area contributed by atoms with Gasteiger partial charge in [-0.1, -0.05) is 103 Å². The lowest BCUT2D eigenvalue weighted by molar-refractivity contribution is -0.0330. The largest absolute Gasteiger partial charge is 0.465 e. The molecule has 4 aromatic rings. The molecule has 1 saturated heterocycles. The van der Waals surface area contributed by atoms with Gasteiger partial charge in [0.05, 0.1) is 24.8 Å². The predicted molar refractivity (Wildman–Crippen MR) is 165 cm³/mol. The van der Waals surface area contributed by atoms with Gasteiger partial charge in [-0.25, -0.2) is 4.79 Å². The molecule has 41 heavy (non-hydrogen) atoms. The van der Waals surface area contributed by atoms with Gasteiger partial charge in [0.2, 0.25) is 0 Å². The Morgan fingerprint density at radius 3 is 2.29 bits per heavy atom. The van der Waals surface area contributed by atoms with Crippen molar-refractivity contribution >= 4 is 16.9 Å². The minimum absolute atomic E-state index is 0.161. The smallest absolute Gasteiger partial charge is 0.408 e. The zero-order valence-electron chi connectivity index (χ0n) is 23.9. The first-order valence-corrected chi connectivity index (χ1v) is 15.1. The second-order valence-corrected chi connectivity index (χ2v) is 11.6. The van der Waals surface area contributed by atoms with Crippen LogP contribution in [0.15, 0.2) is 97.1 Å². The van der Waals surface area contributed by atoms with Crippen molar-refractivity contribution in [2.45, 2.75) is 69.9 Å². The second-order valence-electron chi connectivity index (χ2n) is 11.6. The molecule has 1 N–H and O–H groups in total. The Morgan fingerprint density at radius 2 is 1.54 bits per heavy atom. The number of fused-ring (bicyclic) bond motifs is 1. The maximum Gasteiger partial charge on any atom is 0.408 e. The van der Waals surface area contributed by atoms with Gasteiger partial charge >= 0.3 is 6.09 Å². The monoisotopic (exact) mass is 548 g/mol. The van der Waals surface area contributed by atoms with Crippen LogP contribution in [0.5, 0.6) is 0 Å². The molecule has 0 spiro atoms. The highest BCUT2D eigenvalue weighted by molar-refractivity contribution is 5.86. The van der Waals surface area contributed by atoms with E-state index in [1.54, 1.807) is 4.90 Å². The Labute approximate surface area is 243 Å². The van der Waals surface area contributed by atoms with Crippen LogP contribution < -0.4 is 0 Å². The Kier molecular flexibility index (Phi) is 8.36. The molecule has 4 aromatic carbocycles. The molecule has 0 bridgehead atoms. The van der Waals surface area contributed by atoms with E-state index in [-0.39, 0.29) is 24.2 Å². The molecule has 1 amide bonds. The van der Waals surface area contributed by atoms with Crippen LogP contribution in [0.3, 0.4) is 0 Å². The van der Waals surface area contributed by atoms with Crippen molar-refractivity contribution in [2.75, 3.05) is 13.1 Å². The minimum atomic E-state index is -0.875. The third-order valence-electron chi connectivity index (χ3n) is 9.14. The van der Waals surface area contributed by atoms with Crippen molar-refractivity contribution in [2.24, 2.45) is 0 Å². The van der Waals surface area contributed by atoms with E-state index >= 15 is 0 Å². The fraction of sp³-hybridized carbons (Fsp3) is 0.361. The number of hydrogen-bond acceptors (Lipinski definition) is 3. The molecule has 212 valence electrons. The lowest BCUT2D eigenvalue weighted by atomic mass is 9.95. The average molecular weight is 549 g/mol. The van der Waals surface area contributed by atoms with Crippen molar-refractivity contribution in [3.63, 3.8) is 0 Å². The molecular weight excluding hydrogens is 508 g/mol. The quantitative estimate of drug-likeness (QED) is 0.241. The van der Waals surface area contributed by atoms with Crippen LogP contribution in [0.25, 0.3) is 21.9 Å². The SMILES string of the molecule is C[C@H](c1cccc2ccccc12)N(C(=O)O)C1[C@H](N2CCCCC2)CC[C@H]1OCc1ccc(-c2ccccc2)cc1. The molecule has 1 unspecified atom stereocenters. The Morgan fingerprint density at radius 1 is 0.854 bits per heavy atom. The van der Waals surface area contributed by atoms with E-state index in [1.165, 1.54) is 30.4 Å². The number of benzene rings is 4. The lowest BCUT2D eigenvalue weighted by Crippen LogP contribution is -2.56. The Balaban J connectivity index is 1.27. The van der Waals surface area contributed by atoms with Gasteiger partial charge in [-0.05, 0) is 78.7 Å². The van der Waals surface area contributed by atoms with Crippen LogP contribution in [0.4, 0.5) is 4.79 Å². The van der Waals surface area contributed by atoms with E-state index in [0.29, 0.717) is 6.61 Å². The first kappa shape index (κ1) is 27.5. The summed E-state index contributed by atoms with van der Waals surface area (Å²) in [6, 6.07) is 33.0. The standard InChI is InChI=1S/C36H40N2O3/c1-26(31-16-10-14-30-13-6-7-15-32(30)31)38(36(39)40)35-33(37-23-8-3-9-24-37)21-22-34(35)41-25-27-17-19-29(20-18-27)28-11-4-2-5-12-28/h2,4-7,10-20,26,33-35H,3,8-9,21-25H2,1H3,(H,39,40)/t26-,33-,34-,35?/m1/s1. The van der Waals surface area contributed by atoms with Gasteiger partial charge in [0.25, 0.3) is 0 Å². The molecule has 1 heterocycles. The van der Waals surface area contributed by atoms with Gasteiger partial charge in [-0.2, -0.15) is 0 Å². The van der Waals surface area contributed by atoms with Crippen molar-refractivity contribution < 1.29 is 14.6 Å². The average Bonchev–Trinajstić information content (AvgIpc) is 3.44. The van der Waals surface area contributed by atoms with Gasteiger partial charge in [-0.15, -0.1) is 0 Å². The van der Waals surface area contributed by atoms with Crippen LogP contribution in [-0.2, 0) is 11.3 Å². The van der Waals surface area contributed by atoms with Crippen molar-refractivity contribution in [1.82, 2.24) is 9.80 Å². The summed E-state index contributed by atoms with van der Waals surface area (Å²) in [6.07, 6.45) is 4.38. The summed E-state index contributed by atoms with van der Waals surface area (Å²) in [7, 11) is 0. The number of hydrogen-bond donors (Lipinski definition) is 1. The maximum atomic E-state index is 13.1. The molecule has 2 fully saturated rings. The second kappa shape index (κ2) is 12.5. The van der Waals surface area contributed by atoms with Crippen molar-refractivity contribution in [3.8, 4) is 11.1 Å². The molecule has 1 aliphatic carbocycles. The van der Waals surface area contributed by atoms with Crippen LogP contribution in [0.2, 0.25) is 0 Å². The number of carboxylic acid groups (broad SMARTS) is 1. The van der Waals surface area contributed by atoms with Gasteiger partial charge in [-0.3, -0.25) is 9.80 Å². The molecular formula is C36H40N2O3. The zero-order chi connectivity index (χ0) is 28.2. The summed E-state index contributed by atoms with van der Waals surface area (Å²) in [5, 5.41) is 13.0. The fourth-order valence-corrected chi connectivity index (χ4v) is 7.06. The summed E-state index contributed by atoms with van der Waals surface area (Å²) < 4.78 is 6.64. The van der Waals surface area contributed by atoms with E-state index in [9.17, 15) is 9.90 Å². The first-order valence-electron chi connectivity index (χ1n) is 15.1. The topological polar surface area (TPSA) is 53.0 Å². The summed E-state index contributed by atoms with van der Waals surface area (Å²) in [5.41, 5.74) is 4.53. The van der Waals surface area contributed by atoms with Gasteiger partial charge in [0.15, 0.2) is 0 Å². The number of nitrogens with zero attached hydrogens (tertiary/aromatic N) is 2. The minimum Gasteiger partial charge on any atom is -0.465 e. The molecule has 1 saturated carbocycles. The van der Waals surface area contributed by atoms with E-state index < -0.39 is 6.09 Å². The fourth-order valence-electron chi connectivity index (χ4n) is 7.06. The summed E-state index contributed by atoms with van der Waals surface area (Å²) >= 11 is 0. The highest BCUT2D eigenvalue weighted by atomic mass is 16.5. The zero-order valence-corrected chi connectivity index (χ0v) is 23.9. The van der Waals surface area contributed by atoms with E-state index in [2.05, 4.69) is 77.7 Å². The van der Waals surface area contributed by atoms with E-state index in [4.69, 9.17) is 4.74 Å². The maximum absolute atomic E-state index is 13.1. The molecule has 6 rings (SSSR count). The molecule has 0 aromatic heterocycles. The third kappa shape index (κ3) is 5.88.